The van der Waals surface area contributed by atoms with Crippen LogP contribution in [0.3, 0.4) is 0 Å². The summed E-state index contributed by atoms with van der Waals surface area (Å²) in [5, 5.41) is 13.0. The van der Waals surface area contributed by atoms with E-state index < -0.39 is 6.04 Å². The van der Waals surface area contributed by atoms with Crippen molar-refractivity contribution >= 4 is 46.4 Å². The number of amides is 3. The van der Waals surface area contributed by atoms with Crippen LogP contribution in [0.5, 0.6) is 0 Å². The quantitative estimate of drug-likeness (QED) is 0.411. The Kier molecular flexibility index (Phi) is 5.49. The molecule has 3 aliphatic heterocycles. The minimum absolute atomic E-state index is 0.0480. The summed E-state index contributed by atoms with van der Waals surface area (Å²) < 4.78 is 0.0480. The molecule has 3 amide bonds. The number of thiocarbonyl (C=S) groups is 1. The van der Waals surface area contributed by atoms with Gasteiger partial charge in [0.1, 0.15) is 17.7 Å². The SMILES string of the molecule is Cc1c(N2C(=O)C3CN4CC(C(=S)NCC5CCCCC5)[N+]3(C4)C2=O)ccc(C#N)c1Cl. The minimum atomic E-state index is -0.454. The van der Waals surface area contributed by atoms with E-state index in [2.05, 4.69) is 10.2 Å². The normalized spacial score (nSPS) is 31.7. The number of fused-ring (bicyclic) bond motifs is 1. The molecule has 7 nitrogen and oxygen atoms in total. The molecule has 1 aliphatic carbocycles. The second-order valence-electron chi connectivity index (χ2n) is 9.53. The second kappa shape index (κ2) is 8.07. The molecule has 4 aliphatic rings. The number of imide groups is 1. The number of piperazine rings is 1. The average Bonchev–Trinajstić information content (AvgIpc) is 3.44. The molecule has 5 rings (SSSR count). The van der Waals surface area contributed by atoms with Gasteiger partial charge in [-0.15, -0.1) is 0 Å². The summed E-state index contributed by atoms with van der Waals surface area (Å²) >= 11 is 12.1. The highest BCUT2D eigenvalue weighted by Crippen LogP contribution is 2.45. The molecule has 0 radical (unpaired) electrons. The molecule has 4 unspecified atom stereocenters. The number of nitriles is 1. The van der Waals surface area contributed by atoms with Gasteiger partial charge in [-0.2, -0.15) is 10.2 Å². The molecular weight excluding hydrogens is 446 g/mol. The fourth-order valence-electron chi connectivity index (χ4n) is 6.02. The van der Waals surface area contributed by atoms with Gasteiger partial charge in [-0.05, 0) is 43.4 Å². The van der Waals surface area contributed by atoms with Crippen molar-refractivity contribution in [1.82, 2.24) is 10.2 Å². The number of halogens is 1. The van der Waals surface area contributed by atoms with Crippen LogP contribution in [0.4, 0.5) is 10.5 Å². The summed E-state index contributed by atoms with van der Waals surface area (Å²) in [5.74, 6) is 0.420. The van der Waals surface area contributed by atoms with Crippen molar-refractivity contribution in [3.8, 4) is 6.07 Å². The van der Waals surface area contributed by atoms with Gasteiger partial charge in [0.05, 0.1) is 29.4 Å². The van der Waals surface area contributed by atoms with Crippen LogP contribution < -0.4 is 10.2 Å². The van der Waals surface area contributed by atoms with Gasteiger partial charge in [0.2, 0.25) is 0 Å². The van der Waals surface area contributed by atoms with E-state index in [4.69, 9.17) is 23.8 Å². The Morgan fingerprint density at radius 1 is 1.28 bits per heavy atom. The maximum Gasteiger partial charge on any atom is 0.433 e. The number of carbonyl (C=O) groups excluding carboxylic acids is 2. The average molecular weight is 473 g/mol. The van der Waals surface area contributed by atoms with E-state index in [1.165, 1.54) is 37.0 Å². The maximum atomic E-state index is 13.9. The topological polar surface area (TPSA) is 76.4 Å². The highest BCUT2D eigenvalue weighted by atomic mass is 35.5. The molecule has 1 spiro atoms. The number of hydrogen-bond donors (Lipinski definition) is 1. The van der Waals surface area contributed by atoms with Gasteiger partial charge in [-0.3, -0.25) is 4.79 Å². The van der Waals surface area contributed by atoms with E-state index in [0.717, 1.165) is 6.54 Å². The maximum absolute atomic E-state index is 13.9. The zero-order valence-corrected chi connectivity index (χ0v) is 19.7. The summed E-state index contributed by atoms with van der Waals surface area (Å²) in [5.41, 5.74) is 1.36. The molecule has 1 N–H and O–H groups in total. The first-order chi connectivity index (χ1) is 15.4. The fourth-order valence-corrected chi connectivity index (χ4v) is 6.57. The lowest BCUT2D eigenvalue weighted by molar-refractivity contribution is -0.851. The number of hydrogen-bond acceptors (Lipinski definition) is 5. The van der Waals surface area contributed by atoms with Gasteiger partial charge in [-0.25, -0.2) is 14.2 Å². The van der Waals surface area contributed by atoms with E-state index >= 15 is 0 Å². The Morgan fingerprint density at radius 2 is 2.03 bits per heavy atom. The molecule has 1 saturated carbocycles. The lowest BCUT2D eigenvalue weighted by Crippen LogP contribution is -2.64. The van der Waals surface area contributed by atoms with Crippen LogP contribution in [0.2, 0.25) is 5.02 Å². The summed E-state index contributed by atoms with van der Waals surface area (Å²) in [6.07, 6.45) is 6.29. The number of nitrogens with zero attached hydrogens (tertiary/aromatic N) is 4. The molecular formula is C23H27ClN5O2S+. The summed E-state index contributed by atoms with van der Waals surface area (Å²) in [7, 11) is 0. The van der Waals surface area contributed by atoms with Crippen molar-refractivity contribution in [2.45, 2.75) is 51.1 Å². The van der Waals surface area contributed by atoms with E-state index in [-0.39, 0.29) is 27.5 Å². The van der Waals surface area contributed by atoms with Gasteiger partial charge >= 0.3 is 6.03 Å². The Morgan fingerprint density at radius 3 is 2.75 bits per heavy atom. The van der Waals surface area contributed by atoms with Gasteiger partial charge < -0.3 is 5.32 Å². The first-order valence-corrected chi connectivity index (χ1v) is 12.1. The van der Waals surface area contributed by atoms with Gasteiger partial charge in [0.15, 0.2) is 12.1 Å². The minimum Gasteiger partial charge on any atom is -0.374 e. The molecule has 4 atom stereocenters. The van der Waals surface area contributed by atoms with Gasteiger partial charge in [-0.1, -0.05) is 43.1 Å². The zero-order valence-electron chi connectivity index (χ0n) is 18.1. The standard InChI is InChI=1S/C23H26ClN5O2S/c1-14-17(8-7-16(9-25)20(14)24)28-22(30)19-12-27-11-18(29(19,13-27)23(28)31)21(32)26-10-15-5-3-2-4-6-15/h7-8,15,18-19H,2-6,10-13H2,1H3/p+1. The zero-order chi connectivity index (χ0) is 22.6. The predicted molar refractivity (Wildman–Crippen MR) is 125 cm³/mol. The summed E-state index contributed by atoms with van der Waals surface area (Å²) in [6.45, 7) is 4.34. The number of quaternary nitrogens is 1. The van der Waals surface area contributed by atoms with Crippen molar-refractivity contribution in [1.29, 1.82) is 5.26 Å². The van der Waals surface area contributed by atoms with Crippen LogP contribution in [0.1, 0.15) is 43.2 Å². The second-order valence-corrected chi connectivity index (χ2v) is 10.3. The Hall–Kier alpha value is -2.05. The molecule has 0 aromatic heterocycles. The van der Waals surface area contributed by atoms with Crippen molar-refractivity contribution in [3.05, 3.63) is 28.3 Å². The molecule has 4 fully saturated rings. The Balaban J connectivity index is 1.42. The molecule has 3 saturated heterocycles. The largest absolute Gasteiger partial charge is 0.433 e. The number of nitrogens with one attached hydrogen (secondary N) is 1. The first kappa shape index (κ1) is 21.8. The van der Waals surface area contributed by atoms with Crippen LogP contribution >= 0.6 is 23.8 Å². The lowest BCUT2D eigenvalue weighted by atomic mass is 9.89. The van der Waals surface area contributed by atoms with Gasteiger partial charge in [0.25, 0.3) is 5.91 Å². The highest BCUT2D eigenvalue weighted by molar-refractivity contribution is 7.80. The van der Waals surface area contributed by atoms with Gasteiger partial charge in [0, 0.05) is 6.54 Å². The number of carbonyl (C=O) groups is 2. The third-order valence-corrected chi connectivity index (χ3v) is 8.68. The van der Waals surface area contributed by atoms with Crippen molar-refractivity contribution in [2.24, 2.45) is 5.92 Å². The first-order valence-electron chi connectivity index (χ1n) is 11.3. The van der Waals surface area contributed by atoms with E-state index in [9.17, 15) is 14.9 Å². The van der Waals surface area contributed by atoms with Crippen molar-refractivity contribution in [3.63, 3.8) is 0 Å². The number of benzene rings is 1. The van der Waals surface area contributed by atoms with E-state index in [1.54, 1.807) is 19.1 Å². The molecule has 168 valence electrons. The molecule has 9 heteroatoms. The highest BCUT2D eigenvalue weighted by Gasteiger charge is 2.73. The number of urea groups is 1. The number of anilines is 1. The van der Waals surface area contributed by atoms with Crippen LogP contribution in [-0.4, -0.2) is 64.7 Å². The van der Waals surface area contributed by atoms with Crippen LogP contribution in [0, 0.1) is 24.2 Å². The van der Waals surface area contributed by atoms with Crippen molar-refractivity contribution < 1.29 is 14.1 Å². The molecule has 2 bridgehead atoms. The molecule has 1 aromatic carbocycles. The fraction of sp³-hybridized carbons (Fsp3) is 0.565. The monoisotopic (exact) mass is 472 g/mol. The number of rotatable bonds is 4. The Bertz CT molecular complexity index is 1050. The molecule has 1 aromatic rings. The van der Waals surface area contributed by atoms with Crippen LogP contribution in [0.25, 0.3) is 0 Å². The smallest absolute Gasteiger partial charge is 0.374 e. The predicted octanol–water partition coefficient (Wildman–Crippen LogP) is 3.32. The third kappa shape index (κ3) is 3.10. The molecule has 3 heterocycles. The van der Waals surface area contributed by atoms with Crippen LogP contribution in [-0.2, 0) is 4.79 Å². The summed E-state index contributed by atoms with van der Waals surface area (Å²) in [4.78, 5) is 31.5. The Labute approximate surface area is 198 Å². The lowest BCUT2D eigenvalue weighted by Gasteiger charge is -2.35. The van der Waals surface area contributed by atoms with Crippen molar-refractivity contribution in [2.75, 3.05) is 31.2 Å². The third-order valence-electron chi connectivity index (χ3n) is 7.77. The van der Waals surface area contributed by atoms with E-state index in [0.29, 0.717) is 47.5 Å². The van der Waals surface area contributed by atoms with E-state index in [1.807, 2.05) is 6.07 Å². The van der Waals surface area contributed by atoms with Crippen LogP contribution in [0.15, 0.2) is 12.1 Å². The summed E-state index contributed by atoms with van der Waals surface area (Å²) in [6, 6.07) is 4.35. The molecule has 32 heavy (non-hydrogen) atoms.